The summed E-state index contributed by atoms with van der Waals surface area (Å²) in [5.41, 5.74) is 1.81. The van der Waals surface area contributed by atoms with Gasteiger partial charge in [0.1, 0.15) is 16.8 Å². The lowest BCUT2D eigenvalue weighted by molar-refractivity contribution is -0.116. The highest BCUT2D eigenvalue weighted by Gasteiger charge is 2.21. The zero-order valence-electron chi connectivity index (χ0n) is 13.7. The minimum atomic E-state index is -0.0655. The molecule has 0 spiro atoms. The van der Waals surface area contributed by atoms with Crippen LogP contribution < -0.4 is 10.6 Å². The fourth-order valence-corrected chi connectivity index (χ4v) is 4.26. The molecule has 2 N–H and O–H groups in total. The largest absolute Gasteiger partial charge is 0.468 e. The Bertz CT molecular complexity index is 743. The van der Waals surface area contributed by atoms with E-state index in [1.165, 1.54) is 11.3 Å². The number of carbonyl (C=O) groups excluding carboxylic acids is 1. The van der Waals surface area contributed by atoms with Gasteiger partial charge in [-0.1, -0.05) is 0 Å². The quantitative estimate of drug-likeness (QED) is 0.837. The van der Waals surface area contributed by atoms with Crippen molar-refractivity contribution in [2.24, 2.45) is 0 Å². The Morgan fingerprint density at radius 3 is 3.04 bits per heavy atom. The average Bonchev–Trinajstić information content (AvgIpc) is 3.22. The van der Waals surface area contributed by atoms with Gasteiger partial charge in [-0.05, 0) is 50.3 Å². The molecule has 1 atom stereocenters. The molecule has 0 saturated heterocycles. The number of carbonyl (C=O) groups is 1. The zero-order chi connectivity index (χ0) is 16.9. The molecule has 0 aliphatic heterocycles. The molecular weight excluding hydrogens is 322 g/mol. The number of fused-ring (bicyclic) bond motifs is 1. The number of nitriles is 1. The van der Waals surface area contributed by atoms with Crippen LogP contribution in [0.5, 0.6) is 0 Å². The van der Waals surface area contributed by atoms with Crippen LogP contribution >= 0.6 is 11.3 Å². The first-order valence-electron chi connectivity index (χ1n) is 8.30. The van der Waals surface area contributed by atoms with Gasteiger partial charge >= 0.3 is 0 Å². The summed E-state index contributed by atoms with van der Waals surface area (Å²) in [6.45, 7) is 2.55. The predicted molar refractivity (Wildman–Crippen MR) is 94.0 cm³/mol. The first-order chi connectivity index (χ1) is 11.7. The van der Waals surface area contributed by atoms with Crippen molar-refractivity contribution in [1.82, 2.24) is 5.32 Å². The van der Waals surface area contributed by atoms with E-state index in [1.54, 1.807) is 17.6 Å². The van der Waals surface area contributed by atoms with Crippen LogP contribution in [-0.2, 0) is 17.6 Å². The maximum Gasteiger partial charge on any atom is 0.226 e. The van der Waals surface area contributed by atoms with E-state index in [1.807, 2.05) is 19.1 Å². The molecule has 126 valence electrons. The molecule has 2 heterocycles. The van der Waals surface area contributed by atoms with Crippen molar-refractivity contribution < 1.29 is 9.21 Å². The maximum absolute atomic E-state index is 12.2. The molecule has 6 heteroatoms. The molecule has 1 amide bonds. The van der Waals surface area contributed by atoms with Crippen molar-refractivity contribution in [1.29, 1.82) is 5.26 Å². The van der Waals surface area contributed by atoms with E-state index < -0.39 is 0 Å². The monoisotopic (exact) mass is 343 g/mol. The zero-order valence-corrected chi connectivity index (χ0v) is 14.5. The second kappa shape index (κ2) is 7.65. The summed E-state index contributed by atoms with van der Waals surface area (Å²) < 4.78 is 5.33. The van der Waals surface area contributed by atoms with Gasteiger partial charge in [0.15, 0.2) is 0 Å². The number of hydrogen-bond donors (Lipinski definition) is 2. The first kappa shape index (κ1) is 16.7. The van der Waals surface area contributed by atoms with Gasteiger partial charge < -0.3 is 15.1 Å². The summed E-state index contributed by atoms with van der Waals surface area (Å²) in [5.74, 6) is 0.789. The predicted octanol–water partition coefficient (Wildman–Crippen LogP) is 3.77. The summed E-state index contributed by atoms with van der Waals surface area (Å²) in [4.78, 5) is 13.4. The normalized spacial score (nSPS) is 14.7. The van der Waals surface area contributed by atoms with Crippen molar-refractivity contribution in [3.63, 3.8) is 0 Å². The molecule has 0 aromatic carbocycles. The van der Waals surface area contributed by atoms with Crippen molar-refractivity contribution >= 4 is 22.2 Å². The Balaban J connectivity index is 1.54. The molecule has 0 unspecified atom stereocenters. The number of nitrogens with zero attached hydrogens (tertiary/aromatic N) is 1. The van der Waals surface area contributed by atoms with E-state index in [-0.39, 0.29) is 11.9 Å². The lowest BCUT2D eigenvalue weighted by atomic mass is 9.96. The minimum absolute atomic E-state index is 0.0655. The van der Waals surface area contributed by atoms with E-state index >= 15 is 0 Å². The third-order valence-corrected chi connectivity index (χ3v) is 5.52. The number of amides is 1. The van der Waals surface area contributed by atoms with Gasteiger partial charge in [-0.3, -0.25) is 4.79 Å². The van der Waals surface area contributed by atoms with Crippen LogP contribution in [0.15, 0.2) is 22.8 Å². The van der Waals surface area contributed by atoms with Crippen molar-refractivity contribution in [3.05, 3.63) is 40.2 Å². The number of nitrogens with one attached hydrogen (secondary N) is 2. The molecule has 5 nitrogen and oxygen atoms in total. The van der Waals surface area contributed by atoms with Crippen LogP contribution in [0.1, 0.15) is 54.0 Å². The fourth-order valence-electron chi connectivity index (χ4n) is 3.00. The van der Waals surface area contributed by atoms with Gasteiger partial charge in [-0.15, -0.1) is 11.3 Å². The van der Waals surface area contributed by atoms with Crippen LogP contribution in [0.2, 0.25) is 0 Å². The van der Waals surface area contributed by atoms with Gasteiger partial charge in [-0.25, -0.2) is 0 Å². The maximum atomic E-state index is 12.2. The molecule has 3 rings (SSSR count). The van der Waals surface area contributed by atoms with Crippen LogP contribution in [0.3, 0.4) is 0 Å². The third kappa shape index (κ3) is 3.69. The molecule has 0 bridgehead atoms. The topological polar surface area (TPSA) is 78.1 Å². The number of thiophene rings is 1. The third-order valence-electron chi connectivity index (χ3n) is 4.31. The lowest BCUT2D eigenvalue weighted by Gasteiger charge is -2.11. The molecule has 1 aliphatic carbocycles. The Morgan fingerprint density at radius 2 is 2.29 bits per heavy atom. The van der Waals surface area contributed by atoms with E-state index in [2.05, 4.69) is 16.7 Å². The van der Waals surface area contributed by atoms with Crippen molar-refractivity contribution in [2.45, 2.75) is 45.1 Å². The molecule has 0 saturated carbocycles. The smallest absolute Gasteiger partial charge is 0.226 e. The Morgan fingerprint density at radius 1 is 1.46 bits per heavy atom. The first-order valence-corrected chi connectivity index (χ1v) is 9.12. The molecule has 1 aliphatic rings. The Hall–Kier alpha value is -2.10. The van der Waals surface area contributed by atoms with Gasteiger partial charge in [0.25, 0.3) is 0 Å². The van der Waals surface area contributed by atoms with Gasteiger partial charge in [0.2, 0.25) is 5.91 Å². The minimum Gasteiger partial charge on any atom is -0.468 e. The average molecular weight is 343 g/mol. The van der Waals surface area contributed by atoms with Gasteiger partial charge in [0.05, 0.1) is 17.9 Å². The highest BCUT2D eigenvalue weighted by Crippen LogP contribution is 2.37. The SMILES string of the molecule is C[C@@H](NCCC(=O)Nc1sc2c(c1C#N)CCCC2)c1ccco1. The van der Waals surface area contributed by atoms with E-state index in [0.717, 1.165) is 30.6 Å². The lowest BCUT2D eigenvalue weighted by Crippen LogP contribution is -2.24. The summed E-state index contributed by atoms with van der Waals surface area (Å²) in [7, 11) is 0. The van der Waals surface area contributed by atoms with Gasteiger partial charge in [0, 0.05) is 17.8 Å². The number of furan rings is 1. The fraction of sp³-hybridized carbons (Fsp3) is 0.444. The molecule has 2 aromatic rings. The molecular formula is C18H21N3O2S. The highest BCUT2D eigenvalue weighted by atomic mass is 32.1. The number of rotatable bonds is 6. The second-order valence-electron chi connectivity index (χ2n) is 6.02. The highest BCUT2D eigenvalue weighted by molar-refractivity contribution is 7.16. The number of hydrogen-bond acceptors (Lipinski definition) is 5. The Kier molecular flexibility index (Phi) is 5.34. The van der Waals surface area contributed by atoms with Crippen LogP contribution in [-0.4, -0.2) is 12.5 Å². The number of aryl methyl sites for hydroxylation is 1. The standard InChI is InChI=1S/C18H21N3O2S/c1-12(15-6-4-10-23-15)20-9-8-17(22)21-18-14(11-19)13-5-2-3-7-16(13)24-18/h4,6,10,12,20H,2-3,5,7-9H2,1H3,(H,21,22)/t12-/m1/s1. The van der Waals surface area contributed by atoms with E-state index in [0.29, 0.717) is 23.5 Å². The van der Waals surface area contributed by atoms with Gasteiger partial charge in [-0.2, -0.15) is 5.26 Å². The van der Waals surface area contributed by atoms with Crippen molar-refractivity contribution in [3.8, 4) is 6.07 Å². The molecule has 0 radical (unpaired) electrons. The van der Waals surface area contributed by atoms with Crippen LogP contribution in [0.25, 0.3) is 0 Å². The summed E-state index contributed by atoms with van der Waals surface area (Å²) in [6, 6.07) is 6.10. The van der Waals surface area contributed by atoms with E-state index in [4.69, 9.17) is 4.42 Å². The second-order valence-corrected chi connectivity index (χ2v) is 7.12. The Labute approximate surface area is 145 Å². The van der Waals surface area contributed by atoms with Crippen molar-refractivity contribution in [2.75, 3.05) is 11.9 Å². The van der Waals surface area contributed by atoms with Crippen LogP contribution in [0, 0.1) is 11.3 Å². The van der Waals surface area contributed by atoms with E-state index in [9.17, 15) is 10.1 Å². The molecule has 24 heavy (non-hydrogen) atoms. The summed E-state index contributed by atoms with van der Waals surface area (Å²) in [6.07, 6.45) is 6.26. The molecule has 2 aromatic heterocycles. The van der Waals surface area contributed by atoms with Crippen LogP contribution in [0.4, 0.5) is 5.00 Å². The summed E-state index contributed by atoms with van der Waals surface area (Å²) in [5, 5.41) is 16.3. The summed E-state index contributed by atoms with van der Waals surface area (Å²) >= 11 is 1.56. The molecule has 0 fully saturated rings. The number of anilines is 1.